The quantitative estimate of drug-likeness (QED) is 0.0842. The zero-order chi connectivity index (χ0) is 38.2. The summed E-state index contributed by atoms with van der Waals surface area (Å²) in [6.07, 6.45) is 7.44. The van der Waals surface area contributed by atoms with E-state index in [1.54, 1.807) is 17.7 Å². The molecule has 7 heteroatoms. The maximum atomic E-state index is 12.2. The van der Waals surface area contributed by atoms with Crippen molar-refractivity contribution in [2.75, 3.05) is 0 Å². The van der Waals surface area contributed by atoms with E-state index < -0.39 is 0 Å². The van der Waals surface area contributed by atoms with Crippen molar-refractivity contribution >= 4 is 59.2 Å². The summed E-state index contributed by atoms with van der Waals surface area (Å²) in [5, 5.41) is 15.9. The molecule has 0 saturated heterocycles. The number of rotatable bonds is 10. The number of fused-ring (bicyclic) bond motifs is 6. The number of aryl methyl sites for hydroxylation is 1. The molecule has 285 valence electrons. The van der Waals surface area contributed by atoms with Crippen molar-refractivity contribution < 1.29 is 34.4 Å². The average Bonchev–Trinajstić information content (AvgIpc) is 3.66. The van der Waals surface area contributed by atoms with Crippen LogP contribution in [0.5, 0.6) is 0 Å². The van der Waals surface area contributed by atoms with Gasteiger partial charge in [-0.25, -0.2) is 4.98 Å². The summed E-state index contributed by atoms with van der Waals surface area (Å²) in [7, 11) is 0. The standard InChI is InChI=1S/C31H29N2OS.C15H28O2.Ir/c1-17(2)13-23-18(3)34-29-22(23)11-12-25-26(29)27-28(32-16-33-30(27)35-25)20-14-19-9-7-8-10-21(19)24(15-20)31(4,5)6;1-7-14(5,8-2)12(16)11-13(17)15(6,9-3)10-4;/h7-12,15-17H,13H2,1-6H3;11,16H,7-10H2,1-6H3;/q-1;;/b;12-11-;. The molecule has 6 aromatic rings. The Morgan fingerprint density at radius 2 is 1.55 bits per heavy atom. The van der Waals surface area contributed by atoms with Crippen molar-refractivity contribution in [3.05, 3.63) is 83.6 Å². The Hall–Kier alpha value is -3.38. The number of aliphatic hydroxyl groups excluding tert-OH is 1. The predicted molar refractivity (Wildman–Crippen MR) is 222 cm³/mol. The number of carbonyl (C=O) groups excluding carboxylic acids is 1. The Bertz CT molecular complexity index is 2260. The maximum absolute atomic E-state index is 12.2. The Kier molecular flexibility index (Phi) is 13.2. The Balaban J connectivity index is 0.000000299. The van der Waals surface area contributed by atoms with Crippen LogP contribution in [0.2, 0.25) is 0 Å². The summed E-state index contributed by atoms with van der Waals surface area (Å²) in [5.74, 6) is 1.85. The van der Waals surface area contributed by atoms with Gasteiger partial charge < -0.3 is 9.52 Å². The number of benzene rings is 3. The third-order valence-corrected chi connectivity index (χ3v) is 12.5. The number of allylic oxidation sites excluding steroid dienone is 2. The van der Waals surface area contributed by atoms with E-state index in [2.05, 4.69) is 95.1 Å². The third kappa shape index (κ3) is 8.33. The van der Waals surface area contributed by atoms with Crippen LogP contribution in [0.25, 0.3) is 53.3 Å². The van der Waals surface area contributed by atoms with E-state index in [0.29, 0.717) is 5.92 Å². The van der Waals surface area contributed by atoms with E-state index in [1.807, 2.05) is 41.5 Å². The number of carbonyl (C=O) groups is 1. The van der Waals surface area contributed by atoms with Crippen LogP contribution in [0.4, 0.5) is 0 Å². The van der Waals surface area contributed by atoms with E-state index in [1.165, 1.54) is 32.7 Å². The Morgan fingerprint density at radius 3 is 2.15 bits per heavy atom. The van der Waals surface area contributed by atoms with Gasteiger partial charge in [-0.2, -0.15) is 0 Å². The summed E-state index contributed by atoms with van der Waals surface area (Å²) in [6, 6.07) is 18.9. The number of furan rings is 1. The van der Waals surface area contributed by atoms with Crippen LogP contribution >= 0.6 is 11.3 Å². The Labute approximate surface area is 334 Å². The number of ketones is 1. The fraction of sp³-hybridized carbons (Fsp3) is 0.457. The van der Waals surface area contributed by atoms with Gasteiger partial charge in [0.1, 0.15) is 28.3 Å². The van der Waals surface area contributed by atoms with Gasteiger partial charge in [-0.3, -0.25) is 9.78 Å². The molecule has 1 radical (unpaired) electrons. The van der Waals surface area contributed by atoms with Gasteiger partial charge in [0.15, 0.2) is 5.78 Å². The molecule has 0 aliphatic heterocycles. The van der Waals surface area contributed by atoms with Crippen molar-refractivity contribution in [1.29, 1.82) is 0 Å². The first-order valence-electron chi connectivity index (χ1n) is 19.0. The molecule has 5 nitrogen and oxygen atoms in total. The van der Waals surface area contributed by atoms with Gasteiger partial charge in [0.05, 0.1) is 0 Å². The van der Waals surface area contributed by atoms with Crippen LogP contribution in [0.15, 0.2) is 65.0 Å². The minimum absolute atomic E-state index is 0. The summed E-state index contributed by atoms with van der Waals surface area (Å²) >= 11 is 1.70. The minimum Gasteiger partial charge on any atom is -0.512 e. The van der Waals surface area contributed by atoms with Crippen LogP contribution < -0.4 is 0 Å². The SMILES string of the molecule is CCC(C)(CC)C(=O)/C=C(\O)C(C)(CC)CC.Cc1oc2c(ccc3sc4ncnc(-c5[c-]c6ccccc6c(C(C)(C)C)c5)c4c32)c1CC(C)C.[Ir]. The normalized spacial score (nSPS) is 12.8. The van der Waals surface area contributed by atoms with Gasteiger partial charge in [-0.1, -0.05) is 105 Å². The van der Waals surface area contributed by atoms with E-state index in [0.717, 1.165) is 75.7 Å². The van der Waals surface area contributed by atoms with Crippen molar-refractivity contribution in [3.63, 3.8) is 0 Å². The maximum Gasteiger partial charge on any atom is 0.164 e. The first kappa shape index (κ1) is 42.4. The topological polar surface area (TPSA) is 76.2 Å². The van der Waals surface area contributed by atoms with Crippen molar-refractivity contribution in [1.82, 2.24) is 9.97 Å². The second-order valence-electron chi connectivity index (χ2n) is 16.4. The third-order valence-electron chi connectivity index (χ3n) is 11.4. The smallest absolute Gasteiger partial charge is 0.164 e. The zero-order valence-electron chi connectivity index (χ0n) is 33.7. The van der Waals surface area contributed by atoms with Crippen LogP contribution in [-0.4, -0.2) is 20.9 Å². The number of hydrogen-bond acceptors (Lipinski definition) is 6. The zero-order valence-corrected chi connectivity index (χ0v) is 36.9. The van der Waals surface area contributed by atoms with Gasteiger partial charge >= 0.3 is 0 Å². The monoisotopic (exact) mass is 910 g/mol. The molecule has 0 amide bonds. The second-order valence-corrected chi connectivity index (χ2v) is 17.4. The largest absolute Gasteiger partial charge is 0.512 e. The molecule has 3 heterocycles. The molecule has 0 aliphatic carbocycles. The average molecular weight is 910 g/mol. The summed E-state index contributed by atoms with van der Waals surface area (Å²) < 4.78 is 7.64. The molecule has 53 heavy (non-hydrogen) atoms. The summed E-state index contributed by atoms with van der Waals surface area (Å²) in [4.78, 5) is 22.7. The van der Waals surface area contributed by atoms with Crippen molar-refractivity contribution in [3.8, 4) is 11.3 Å². The molecule has 0 spiro atoms. The molecule has 0 aliphatic rings. The van der Waals surface area contributed by atoms with E-state index >= 15 is 0 Å². The first-order chi connectivity index (χ1) is 24.5. The van der Waals surface area contributed by atoms with Crippen molar-refractivity contribution in [2.45, 2.75) is 121 Å². The first-order valence-corrected chi connectivity index (χ1v) is 19.8. The Morgan fingerprint density at radius 1 is 0.906 bits per heavy atom. The van der Waals surface area contributed by atoms with Crippen LogP contribution in [-0.2, 0) is 36.7 Å². The molecule has 0 fully saturated rings. The molecule has 1 N–H and O–H groups in total. The van der Waals surface area contributed by atoms with Crippen LogP contribution in [0, 0.1) is 29.7 Å². The number of hydrogen-bond donors (Lipinski definition) is 1. The minimum atomic E-state index is -0.337. The number of nitrogens with zero attached hydrogens (tertiary/aromatic N) is 2. The van der Waals surface area contributed by atoms with Crippen LogP contribution in [0.1, 0.15) is 119 Å². The predicted octanol–water partition coefficient (Wildman–Crippen LogP) is 13.7. The van der Waals surface area contributed by atoms with Gasteiger partial charge in [-0.15, -0.1) is 40.5 Å². The molecular formula is C46H57IrN2O3S-. The fourth-order valence-corrected chi connectivity index (χ4v) is 7.98. The molecular weight excluding hydrogens is 853 g/mol. The number of aromatic nitrogens is 2. The molecule has 0 saturated carbocycles. The molecule has 3 aromatic carbocycles. The van der Waals surface area contributed by atoms with Crippen LogP contribution in [0.3, 0.4) is 0 Å². The van der Waals surface area contributed by atoms with Crippen molar-refractivity contribution in [2.24, 2.45) is 16.7 Å². The van der Waals surface area contributed by atoms with Gasteiger partial charge in [-0.05, 0) is 62.5 Å². The molecule has 6 rings (SSSR count). The summed E-state index contributed by atoms with van der Waals surface area (Å²) in [5.41, 5.74) is 4.87. The fourth-order valence-electron chi connectivity index (χ4n) is 6.94. The molecule has 0 bridgehead atoms. The number of thiophene rings is 1. The van der Waals surface area contributed by atoms with Gasteiger partial charge in [0.2, 0.25) is 0 Å². The molecule has 0 unspecified atom stereocenters. The second kappa shape index (κ2) is 16.5. The van der Waals surface area contributed by atoms with Gasteiger partial charge in [0.25, 0.3) is 0 Å². The molecule has 3 aromatic heterocycles. The number of aliphatic hydroxyl groups is 1. The van der Waals surface area contributed by atoms with E-state index in [4.69, 9.17) is 9.40 Å². The van der Waals surface area contributed by atoms with Gasteiger partial charge in [0, 0.05) is 69.1 Å². The summed E-state index contributed by atoms with van der Waals surface area (Å²) in [6.45, 7) is 25.5. The molecule has 0 atom stereocenters. The van der Waals surface area contributed by atoms with E-state index in [-0.39, 0.29) is 47.9 Å². The van der Waals surface area contributed by atoms with E-state index in [9.17, 15) is 9.90 Å².